The van der Waals surface area contributed by atoms with Crippen molar-refractivity contribution in [1.29, 1.82) is 0 Å². The minimum Gasteiger partial charge on any atom is -0.322 e. The first-order valence-electron chi connectivity index (χ1n) is 8.68. The minimum atomic E-state index is -3.89. The molecule has 0 fully saturated rings. The number of carbonyl (C=O) groups is 1. The van der Waals surface area contributed by atoms with Crippen LogP contribution in [0.1, 0.15) is 15.9 Å². The lowest BCUT2D eigenvalue weighted by Gasteiger charge is -2.10. The number of anilines is 2. The molecule has 156 valence electrons. The fourth-order valence-electron chi connectivity index (χ4n) is 2.66. The van der Waals surface area contributed by atoms with Crippen LogP contribution >= 0.6 is 0 Å². The van der Waals surface area contributed by atoms with E-state index in [2.05, 4.69) is 10.0 Å². The molecule has 8 nitrogen and oxygen atoms in total. The molecule has 0 saturated heterocycles. The second kappa shape index (κ2) is 8.27. The molecular formula is C20H19N3O5S2. The molecule has 0 radical (unpaired) electrons. The molecule has 3 rings (SSSR count). The molecule has 0 spiro atoms. The van der Waals surface area contributed by atoms with Gasteiger partial charge in [0.1, 0.15) is 0 Å². The second-order valence-electron chi connectivity index (χ2n) is 6.53. The SMILES string of the molecule is Cc1cccc(NS(=O)(=O)c2cccc(C(=O)Nc3ccc(S(N)(=O)=O)cc3)c2)c1. The largest absolute Gasteiger partial charge is 0.322 e. The second-order valence-corrected chi connectivity index (χ2v) is 9.77. The van der Waals surface area contributed by atoms with Gasteiger partial charge in [-0.3, -0.25) is 9.52 Å². The number of rotatable bonds is 6. The van der Waals surface area contributed by atoms with E-state index in [9.17, 15) is 21.6 Å². The van der Waals surface area contributed by atoms with Crippen LogP contribution in [0.15, 0.2) is 82.6 Å². The maximum Gasteiger partial charge on any atom is 0.261 e. The molecule has 0 aromatic heterocycles. The Morgan fingerprint density at radius 1 is 0.800 bits per heavy atom. The van der Waals surface area contributed by atoms with E-state index in [1.165, 1.54) is 48.5 Å². The number of hydrogen-bond donors (Lipinski definition) is 3. The molecule has 0 atom stereocenters. The van der Waals surface area contributed by atoms with Crippen LogP contribution in [0.4, 0.5) is 11.4 Å². The molecule has 0 saturated carbocycles. The molecule has 10 heteroatoms. The number of benzene rings is 3. The highest BCUT2D eigenvalue weighted by Crippen LogP contribution is 2.19. The topological polar surface area (TPSA) is 135 Å². The van der Waals surface area contributed by atoms with Gasteiger partial charge < -0.3 is 5.32 Å². The highest BCUT2D eigenvalue weighted by atomic mass is 32.2. The average Bonchev–Trinajstić information content (AvgIpc) is 2.67. The maximum atomic E-state index is 12.7. The van der Waals surface area contributed by atoms with Crippen molar-refractivity contribution in [2.45, 2.75) is 16.7 Å². The summed E-state index contributed by atoms with van der Waals surface area (Å²) in [5.41, 5.74) is 1.77. The van der Waals surface area contributed by atoms with Crippen molar-refractivity contribution >= 4 is 37.3 Å². The zero-order valence-electron chi connectivity index (χ0n) is 15.9. The Bertz CT molecular complexity index is 1300. The number of nitrogens with one attached hydrogen (secondary N) is 2. The zero-order valence-corrected chi connectivity index (χ0v) is 17.5. The number of nitrogens with two attached hydrogens (primary N) is 1. The van der Waals surface area contributed by atoms with Gasteiger partial charge in [-0.15, -0.1) is 0 Å². The van der Waals surface area contributed by atoms with Crippen molar-refractivity contribution in [2.24, 2.45) is 5.14 Å². The molecule has 0 unspecified atom stereocenters. The van der Waals surface area contributed by atoms with Crippen LogP contribution in [0.2, 0.25) is 0 Å². The molecule has 1 amide bonds. The van der Waals surface area contributed by atoms with Crippen LogP contribution in [-0.4, -0.2) is 22.7 Å². The molecule has 3 aromatic rings. The summed E-state index contributed by atoms with van der Waals surface area (Å²) >= 11 is 0. The number of carbonyl (C=O) groups excluding carboxylic acids is 1. The summed E-state index contributed by atoms with van der Waals surface area (Å²) in [5.74, 6) is -0.550. The Morgan fingerprint density at radius 2 is 1.47 bits per heavy atom. The Morgan fingerprint density at radius 3 is 2.10 bits per heavy atom. The van der Waals surface area contributed by atoms with Gasteiger partial charge in [-0.05, 0) is 67.1 Å². The molecule has 0 aliphatic carbocycles. The van der Waals surface area contributed by atoms with Crippen LogP contribution in [0.5, 0.6) is 0 Å². The highest BCUT2D eigenvalue weighted by molar-refractivity contribution is 7.92. The molecule has 4 N–H and O–H groups in total. The van der Waals surface area contributed by atoms with E-state index in [-0.39, 0.29) is 15.4 Å². The van der Waals surface area contributed by atoms with Gasteiger partial charge in [0.15, 0.2) is 0 Å². The minimum absolute atomic E-state index is 0.0683. The molecule has 0 heterocycles. The van der Waals surface area contributed by atoms with Crippen molar-refractivity contribution < 1.29 is 21.6 Å². The third-order valence-corrected chi connectivity index (χ3v) is 6.43. The predicted octanol–water partition coefficient (Wildman–Crippen LogP) is 2.70. The zero-order chi connectivity index (χ0) is 21.9. The van der Waals surface area contributed by atoms with Gasteiger partial charge in [0.05, 0.1) is 9.79 Å². The molecule has 0 bridgehead atoms. The summed E-state index contributed by atoms with van der Waals surface area (Å²) in [4.78, 5) is 12.4. The van der Waals surface area contributed by atoms with Gasteiger partial charge in [-0.2, -0.15) is 0 Å². The highest BCUT2D eigenvalue weighted by Gasteiger charge is 2.17. The van der Waals surface area contributed by atoms with E-state index in [0.29, 0.717) is 11.4 Å². The van der Waals surface area contributed by atoms with Gasteiger partial charge in [-0.25, -0.2) is 22.0 Å². The normalized spacial score (nSPS) is 11.7. The molecule has 30 heavy (non-hydrogen) atoms. The molecular weight excluding hydrogens is 426 g/mol. The third-order valence-electron chi connectivity index (χ3n) is 4.12. The van der Waals surface area contributed by atoms with E-state index in [0.717, 1.165) is 5.56 Å². The number of primary sulfonamides is 1. The van der Waals surface area contributed by atoms with Crippen molar-refractivity contribution in [3.8, 4) is 0 Å². The first-order chi connectivity index (χ1) is 14.0. The predicted molar refractivity (Wildman–Crippen MR) is 114 cm³/mol. The van der Waals surface area contributed by atoms with Gasteiger partial charge in [-0.1, -0.05) is 18.2 Å². The van der Waals surface area contributed by atoms with Crippen LogP contribution in [0, 0.1) is 6.92 Å². The third kappa shape index (κ3) is 5.23. The fraction of sp³-hybridized carbons (Fsp3) is 0.0500. The van der Waals surface area contributed by atoms with E-state index in [4.69, 9.17) is 5.14 Å². The van der Waals surface area contributed by atoms with Gasteiger partial charge in [0, 0.05) is 16.9 Å². The summed E-state index contributed by atoms with van der Waals surface area (Å²) < 4.78 is 50.4. The van der Waals surface area contributed by atoms with Crippen molar-refractivity contribution in [3.05, 3.63) is 83.9 Å². The summed E-state index contributed by atoms with van der Waals surface area (Å²) in [6.07, 6.45) is 0. The van der Waals surface area contributed by atoms with Crippen molar-refractivity contribution in [3.63, 3.8) is 0 Å². The molecule has 3 aromatic carbocycles. The van der Waals surface area contributed by atoms with Gasteiger partial charge in [0.25, 0.3) is 15.9 Å². The first kappa shape index (κ1) is 21.5. The number of hydrogen-bond acceptors (Lipinski definition) is 5. The van der Waals surface area contributed by atoms with Crippen LogP contribution in [0.3, 0.4) is 0 Å². The summed E-state index contributed by atoms with van der Waals surface area (Å²) in [5, 5.41) is 7.62. The van der Waals surface area contributed by atoms with Gasteiger partial charge >= 0.3 is 0 Å². The van der Waals surface area contributed by atoms with Crippen molar-refractivity contribution in [2.75, 3.05) is 10.0 Å². The quantitative estimate of drug-likeness (QED) is 0.536. The van der Waals surface area contributed by atoms with E-state index >= 15 is 0 Å². The Labute approximate surface area is 174 Å². The van der Waals surface area contributed by atoms with Crippen molar-refractivity contribution in [1.82, 2.24) is 0 Å². The lowest BCUT2D eigenvalue weighted by Crippen LogP contribution is -2.16. The summed E-state index contributed by atoms with van der Waals surface area (Å²) in [7, 11) is -7.73. The fourth-order valence-corrected chi connectivity index (χ4v) is 4.27. The van der Waals surface area contributed by atoms with Crippen LogP contribution < -0.4 is 15.2 Å². The summed E-state index contributed by atoms with van der Waals surface area (Å²) in [6, 6.07) is 17.8. The van der Waals surface area contributed by atoms with E-state index < -0.39 is 26.0 Å². The molecule has 0 aliphatic rings. The number of amides is 1. The lowest BCUT2D eigenvalue weighted by atomic mass is 10.2. The smallest absolute Gasteiger partial charge is 0.261 e. The summed E-state index contributed by atoms with van der Waals surface area (Å²) in [6.45, 7) is 1.85. The van der Waals surface area contributed by atoms with Crippen LogP contribution in [0.25, 0.3) is 0 Å². The Hall–Kier alpha value is -3.21. The van der Waals surface area contributed by atoms with E-state index in [1.807, 2.05) is 13.0 Å². The van der Waals surface area contributed by atoms with Gasteiger partial charge in [0.2, 0.25) is 10.0 Å². The van der Waals surface area contributed by atoms with E-state index in [1.54, 1.807) is 18.2 Å². The van der Waals surface area contributed by atoms with Crippen LogP contribution in [-0.2, 0) is 20.0 Å². The molecule has 0 aliphatic heterocycles. The standard InChI is InChI=1S/C20H19N3O5S2/c1-14-4-2-6-17(12-14)23-30(27,28)19-7-3-5-15(13-19)20(24)22-16-8-10-18(11-9-16)29(21,25)26/h2-13,23H,1H3,(H,22,24)(H2,21,25,26). The average molecular weight is 446 g/mol. The number of aryl methyl sites for hydroxylation is 1. The number of sulfonamides is 2. The Kier molecular flexibility index (Phi) is 5.92. The lowest BCUT2D eigenvalue weighted by molar-refractivity contribution is 0.102. The monoisotopic (exact) mass is 445 g/mol. The maximum absolute atomic E-state index is 12.7. The Balaban J connectivity index is 1.79. The first-order valence-corrected chi connectivity index (χ1v) is 11.7.